The summed E-state index contributed by atoms with van der Waals surface area (Å²) in [5.41, 5.74) is 4.44. The van der Waals surface area contributed by atoms with Crippen LogP contribution in [0.1, 0.15) is 0 Å². The molecule has 0 spiro atoms. The average molecular weight is 301 g/mol. The van der Waals surface area contributed by atoms with Crippen LogP contribution < -0.4 is 0 Å². The number of hydrogen-bond acceptors (Lipinski definition) is 3. The van der Waals surface area contributed by atoms with E-state index in [-0.39, 0.29) is 0 Å². The molecule has 0 radical (unpaired) electrons. The normalized spacial score (nSPS) is 11.6. The van der Waals surface area contributed by atoms with Gasteiger partial charge in [-0.05, 0) is 35.2 Å². The van der Waals surface area contributed by atoms with Crippen molar-refractivity contribution < 1.29 is 0 Å². The van der Waals surface area contributed by atoms with Gasteiger partial charge in [0.15, 0.2) is 0 Å². The van der Waals surface area contributed by atoms with E-state index in [1.54, 1.807) is 11.3 Å². The van der Waals surface area contributed by atoms with Gasteiger partial charge in [-0.25, -0.2) is 9.97 Å². The first kappa shape index (κ1) is 11.9. The van der Waals surface area contributed by atoms with Crippen LogP contribution in [0, 0.1) is 0 Å². The molecule has 0 unspecified atom stereocenters. The SMILES string of the molecule is c1csc(-c2ccc3cnc4nc5ccccc5n4c3c2)c1. The van der Waals surface area contributed by atoms with E-state index >= 15 is 0 Å². The summed E-state index contributed by atoms with van der Waals surface area (Å²) in [6.07, 6.45) is 1.90. The first-order valence-electron chi connectivity index (χ1n) is 7.10. The summed E-state index contributed by atoms with van der Waals surface area (Å²) >= 11 is 1.76. The third-order valence-electron chi connectivity index (χ3n) is 3.94. The third-order valence-corrected chi connectivity index (χ3v) is 4.86. The van der Waals surface area contributed by atoms with Crippen molar-refractivity contribution in [2.45, 2.75) is 0 Å². The van der Waals surface area contributed by atoms with Gasteiger partial charge in [0.05, 0.1) is 16.6 Å². The summed E-state index contributed by atoms with van der Waals surface area (Å²) in [5.74, 6) is 0.747. The molecule has 0 N–H and O–H groups in total. The zero-order valence-corrected chi connectivity index (χ0v) is 12.4. The Hall–Kier alpha value is -2.72. The van der Waals surface area contributed by atoms with Crippen LogP contribution in [0.3, 0.4) is 0 Å². The number of nitrogens with zero attached hydrogens (tertiary/aromatic N) is 3. The lowest BCUT2D eigenvalue weighted by Gasteiger charge is -2.05. The van der Waals surface area contributed by atoms with Gasteiger partial charge in [-0.3, -0.25) is 4.40 Å². The highest BCUT2D eigenvalue weighted by Gasteiger charge is 2.09. The summed E-state index contributed by atoms with van der Waals surface area (Å²) in [6, 6.07) is 18.9. The van der Waals surface area contributed by atoms with Gasteiger partial charge in [-0.2, -0.15) is 0 Å². The molecule has 0 saturated heterocycles. The van der Waals surface area contributed by atoms with Crippen molar-refractivity contribution in [3.63, 3.8) is 0 Å². The van der Waals surface area contributed by atoms with Crippen LogP contribution in [0.25, 0.3) is 38.2 Å². The molecule has 5 aromatic rings. The van der Waals surface area contributed by atoms with Crippen LogP contribution in [0.4, 0.5) is 0 Å². The van der Waals surface area contributed by atoms with Gasteiger partial charge in [0.1, 0.15) is 0 Å². The van der Waals surface area contributed by atoms with E-state index in [9.17, 15) is 0 Å². The molecule has 104 valence electrons. The minimum Gasteiger partial charge on any atom is -0.276 e. The standard InChI is InChI=1S/C18H11N3S/c1-2-5-15-14(4-1)20-18-19-11-13-8-7-12(10-16(13)21(15)18)17-6-3-9-22-17/h1-11H. The summed E-state index contributed by atoms with van der Waals surface area (Å²) < 4.78 is 2.14. The molecule has 3 aromatic heterocycles. The number of imidazole rings is 1. The van der Waals surface area contributed by atoms with Gasteiger partial charge in [-0.1, -0.05) is 30.3 Å². The second kappa shape index (κ2) is 4.39. The molecule has 0 aliphatic heterocycles. The van der Waals surface area contributed by atoms with Crippen molar-refractivity contribution in [3.05, 3.63) is 66.2 Å². The Balaban J connectivity index is 1.95. The first-order valence-corrected chi connectivity index (χ1v) is 7.98. The van der Waals surface area contributed by atoms with E-state index in [2.05, 4.69) is 56.1 Å². The van der Waals surface area contributed by atoms with E-state index < -0.39 is 0 Å². The fourth-order valence-electron chi connectivity index (χ4n) is 2.91. The Morgan fingerprint density at radius 1 is 0.909 bits per heavy atom. The maximum absolute atomic E-state index is 4.61. The molecule has 0 bridgehead atoms. The van der Waals surface area contributed by atoms with Crippen LogP contribution in [0.2, 0.25) is 0 Å². The van der Waals surface area contributed by atoms with Gasteiger partial charge in [0.2, 0.25) is 5.78 Å². The van der Waals surface area contributed by atoms with E-state index in [0.29, 0.717) is 0 Å². The Morgan fingerprint density at radius 3 is 2.77 bits per heavy atom. The van der Waals surface area contributed by atoms with Gasteiger partial charge in [0, 0.05) is 16.5 Å². The Labute approximate surface area is 130 Å². The predicted octanol–water partition coefficient (Wildman–Crippen LogP) is 4.76. The van der Waals surface area contributed by atoms with Crippen LogP contribution in [-0.2, 0) is 0 Å². The number of rotatable bonds is 1. The summed E-state index contributed by atoms with van der Waals surface area (Å²) in [7, 11) is 0. The van der Waals surface area contributed by atoms with Crippen LogP contribution >= 0.6 is 11.3 Å². The molecule has 0 fully saturated rings. The topological polar surface area (TPSA) is 30.2 Å². The molecular weight excluding hydrogens is 290 g/mol. The fraction of sp³-hybridized carbons (Fsp3) is 0. The summed E-state index contributed by atoms with van der Waals surface area (Å²) in [6.45, 7) is 0. The highest BCUT2D eigenvalue weighted by atomic mass is 32.1. The van der Waals surface area contributed by atoms with Crippen molar-refractivity contribution in [1.82, 2.24) is 14.4 Å². The zero-order chi connectivity index (χ0) is 14.5. The van der Waals surface area contributed by atoms with Crippen LogP contribution in [-0.4, -0.2) is 14.4 Å². The number of aromatic nitrogens is 3. The molecule has 3 heterocycles. The second-order valence-corrected chi connectivity index (χ2v) is 6.19. The molecule has 0 saturated carbocycles. The molecule has 2 aromatic carbocycles. The van der Waals surface area contributed by atoms with Crippen molar-refractivity contribution in [1.29, 1.82) is 0 Å². The lowest BCUT2D eigenvalue weighted by Crippen LogP contribution is -1.91. The zero-order valence-electron chi connectivity index (χ0n) is 11.6. The number of para-hydroxylation sites is 2. The van der Waals surface area contributed by atoms with E-state index in [0.717, 1.165) is 27.7 Å². The van der Waals surface area contributed by atoms with Crippen molar-refractivity contribution in [2.75, 3.05) is 0 Å². The van der Waals surface area contributed by atoms with Gasteiger partial charge in [0.25, 0.3) is 0 Å². The molecule has 5 rings (SSSR count). The Morgan fingerprint density at radius 2 is 1.86 bits per heavy atom. The Kier molecular flexibility index (Phi) is 2.37. The smallest absolute Gasteiger partial charge is 0.235 e. The van der Waals surface area contributed by atoms with Crippen LogP contribution in [0.5, 0.6) is 0 Å². The molecule has 3 nitrogen and oxygen atoms in total. The molecule has 0 amide bonds. The lowest BCUT2D eigenvalue weighted by atomic mass is 10.1. The Bertz CT molecular complexity index is 1120. The second-order valence-electron chi connectivity index (χ2n) is 5.25. The van der Waals surface area contributed by atoms with Crippen LogP contribution in [0.15, 0.2) is 66.2 Å². The minimum absolute atomic E-state index is 0.747. The summed E-state index contributed by atoms with van der Waals surface area (Å²) in [5, 5.41) is 3.23. The van der Waals surface area contributed by atoms with E-state index in [1.165, 1.54) is 10.4 Å². The molecule has 0 atom stereocenters. The monoisotopic (exact) mass is 301 g/mol. The predicted molar refractivity (Wildman–Crippen MR) is 91.3 cm³/mol. The van der Waals surface area contributed by atoms with Crippen molar-refractivity contribution in [3.8, 4) is 10.4 Å². The molecule has 22 heavy (non-hydrogen) atoms. The minimum atomic E-state index is 0.747. The van der Waals surface area contributed by atoms with Crippen molar-refractivity contribution in [2.24, 2.45) is 0 Å². The number of hydrogen-bond donors (Lipinski definition) is 0. The molecular formula is C18H11N3S. The number of benzene rings is 2. The van der Waals surface area contributed by atoms with Gasteiger partial charge < -0.3 is 0 Å². The highest BCUT2D eigenvalue weighted by molar-refractivity contribution is 7.13. The molecule has 0 aliphatic rings. The maximum atomic E-state index is 4.61. The lowest BCUT2D eigenvalue weighted by molar-refractivity contribution is 1.19. The highest BCUT2D eigenvalue weighted by Crippen LogP contribution is 2.29. The fourth-order valence-corrected chi connectivity index (χ4v) is 3.63. The summed E-state index contributed by atoms with van der Waals surface area (Å²) in [4.78, 5) is 10.4. The van der Waals surface area contributed by atoms with Gasteiger partial charge in [-0.15, -0.1) is 11.3 Å². The number of fused-ring (bicyclic) bond motifs is 5. The first-order chi connectivity index (χ1) is 10.9. The quantitative estimate of drug-likeness (QED) is 0.446. The van der Waals surface area contributed by atoms with E-state index in [4.69, 9.17) is 0 Å². The molecule has 0 aliphatic carbocycles. The van der Waals surface area contributed by atoms with Gasteiger partial charge >= 0.3 is 0 Å². The largest absolute Gasteiger partial charge is 0.276 e. The average Bonchev–Trinajstić information content (AvgIpc) is 3.21. The number of thiophene rings is 1. The third kappa shape index (κ3) is 1.61. The van der Waals surface area contributed by atoms with E-state index in [1.807, 2.05) is 24.4 Å². The maximum Gasteiger partial charge on any atom is 0.235 e. The molecule has 4 heteroatoms. The van der Waals surface area contributed by atoms with Crippen molar-refractivity contribution >= 4 is 39.1 Å².